The summed E-state index contributed by atoms with van der Waals surface area (Å²) in [5.41, 5.74) is 2.39. The van der Waals surface area contributed by atoms with Gasteiger partial charge in [-0.3, -0.25) is 4.79 Å². The van der Waals surface area contributed by atoms with E-state index >= 15 is 0 Å². The number of rotatable bonds is 6. The van der Waals surface area contributed by atoms with E-state index in [1.54, 1.807) is 22.2 Å². The largest absolute Gasteiger partial charge is 0.306 e. The highest BCUT2D eigenvalue weighted by Gasteiger charge is 2.14. The van der Waals surface area contributed by atoms with Crippen LogP contribution in [-0.2, 0) is 13.0 Å². The molecule has 0 atom stereocenters. The summed E-state index contributed by atoms with van der Waals surface area (Å²) in [7, 11) is 0. The maximum absolute atomic E-state index is 12.6. The molecule has 0 aliphatic carbocycles. The maximum atomic E-state index is 12.6. The Labute approximate surface area is 160 Å². The highest BCUT2D eigenvalue weighted by Crippen LogP contribution is 2.24. The number of hydrogen-bond acceptors (Lipinski definition) is 3. The molecular formula is C19H20BrN3OS. The van der Waals surface area contributed by atoms with Gasteiger partial charge in [0.15, 0.2) is 0 Å². The monoisotopic (exact) mass is 417 g/mol. The maximum Gasteiger partial charge on any atom is 0.266 e. The van der Waals surface area contributed by atoms with Crippen LogP contribution in [0.4, 0.5) is 5.82 Å². The number of hydrogen-bond donors (Lipinski definition) is 1. The summed E-state index contributed by atoms with van der Waals surface area (Å²) in [6.07, 6.45) is 3.80. The summed E-state index contributed by atoms with van der Waals surface area (Å²) in [5, 5.41) is 7.31. The van der Waals surface area contributed by atoms with Crippen LogP contribution in [0, 0.1) is 6.92 Å². The van der Waals surface area contributed by atoms with Crippen LogP contribution in [0.1, 0.15) is 39.0 Å². The molecule has 1 N–H and O–H groups in total. The number of amides is 1. The van der Waals surface area contributed by atoms with Gasteiger partial charge in [0.2, 0.25) is 0 Å². The van der Waals surface area contributed by atoms with E-state index in [9.17, 15) is 4.79 Å². The zero-order chi connectivity index (χ0) is 17.8. The van der Waals surface area contributed by atoms with Gasteiger partial charge >= 0.3 is 0 Å². The molecule has 6 heteroatoms. The van der Waals surface area contributed by atoms with Crippen LogP contribution in [0.15, 0.2) is 47.1 Å². The summed E-state index contributed by atoms with van der Waals surface area (Å²) in [6, 6.07) is 11.9. The molecule has 0 aliphatic heterocycles. The molecule has 2 aromatic heterocycles. The Hall–Kier alpha value is -1.92. The SMILES string of the molecule is CCCc1cc(C(=O)Nc2ccnn2Cc2ccc(Br)cc2)sc1C. The zero-order valence-electron chi connectivity index (χ0n) is 14.3. The van der Waals surface area contributed by atoms with Gasteiger partial charge < -0.3 is 5.32 Å². The van der Waals surface area contributed by atoms with Gasteiger partial charge in [-0.25, -0.2) is 4.68 Å². The second-order valence-electron chi connectivity index (χ2n) is 5.90. The number of aryl methyl sites for hydroxylation is 2. The lowest BCUT2D eigenvalue weighted by Gasteiger charge is -2.08. The quantitative estimate of drug-likeness (QED) is 0.593. The van der Waals surface area contributed by atoms with Crippen molar-refractivity contribution in [3.8, 4) is 0 Å². The molecule has 0 aliphatic rings. The smallest absolute Gasteiger partial charge is 0.266 e. The van der Waals surface area contributed by atoms with E-state index in [1.165, 1.54) is 10.4 Å². The van der Waals surface area contributed by atoms with Crippen LogP contribution in [0.3, 0.4) is 0 Å². The van der Waals surface area contributed by atoms with E-state index in [2.05, 4.69) is 40.2 Å². The topological polar surface area (TPSA) is 46.9 Å². The number of aromatic nitrogens is 2. The van der Waals surface area contributed by atoms with Crippen molar-refractivity contribution in [2.45, 2.75) is 33.2 Å². The zero-order valence-corrected chi connectivity index (χ0v) is 16.7. The van der Waals surface area contributed by atoms with E-state index in [4.69, 9.17) is 0 Å². The van der Waals surface area contributed by atoms with Gasteiger partial charge in [0, 0.05) is 15.4 Å². The summed E-state index contributed by atoms with van der Waals surface area (Å²) in [5.74, 6) is 0.629. The first-order valence-corrected chi connectivity index (χ1v) is 9.84. The molecule has 3 rings (SSSR count). The average Bonchev–Trinajstić information content (AvgIpc) is 3.17. The second-order valence-corrected chi connectivity index (χ2v) is 8.07. The molecule has 2 heterocycles. The Morgan fingerprint density at radius 3 is 2.76 bits per heavy atom. The summed E-state index contributed by atoms with van der Waals surface area (Å²) in [4.78, 5) is 14.5. The van der Waals surface area contributed by atoms with Crippen molar-refractivity contribution in [2.75, 3.05) is 5.32 Å². The minimum Gasteiger partial charge on any atom is -0.306 e. The molecule has 0 fully saturated rings. The first-order valence-electron chi connectivity index (χ1n) is 8.23. The van der Waals surface area contributed by atoms with Crippen LogP contribution in [-0.4, -0.2) is 15.7 Å². The van der Waals surface area contributed by atoms with E-state index in [-0.39, 0.29) is 5.91 Å². The fraction of sp³-hybridized carbons (Fsp3) is 0.263. The van der Waals surface area contributed by atoms with Gasteiger partial charge in [0.25, 0.3) is 5.91 Å². The molecule has 0 saturated heterocycles. The molecule has 1 aromatic carbocycles. The van der Waals surface area contributed by atoms with Crippen molar-refractivity contribution in [2.24, 2.45) is 0 Å². The molecule has 130 valence electrons. The van der Waals surface area contributed by atoms with Gasteiger partial charge in [-0.2, -0.15) is 5.10 Å². The molecule has 0 unspecified atom stereocenters. The third-order valence-corrected chi connectivity index (χ3v) is 5.59. The molecule has 0 saturated carbocycles. The first kappa shape index (κ1) is 17.9. The Morgan fingerprint density at radius 1 is 1.28 bits per heavy atom. The minimum atomic E-state index is -0.0759. The second kappa shape index (κ2) is 7.97. The average molecular weight is 418 g/mol. The van der Waals surface area contributed by atoms with Crippen molar-refractivity contribution < 1.29 is 4.79 Å². The van der Waals surface area contributed by atoms with Gasteiger partial charge in [-0.1, -0.05) is 41.4 Å². The lowest BCUT2D eigenvalue weighted by atomic mass is 10.1. The third-order valence-electron chi connectivity index (χ3n) is 3.97. The van der Waals surface area contributed by atoms with Crippen molar-refractivity contribution in [3.63, 3.8) is 0 Å². The minimum absolute atomic E-state index is 0.0759. The number of carbonyl (C=O) groups excluding carboxylic acids is 1. The van der Waals surface area contributed by atoms with Crippen molar-refractivity contribution >= 4 is 39.0 Å². The molecular weight excluding hydrogens is 398 g/mol. The lowest BCUT2D eigenvalue weighted by molar-refractivity contribution is 0.102. The number of halogens is 1. The Morgan fingerprint density at radius 2 is 2.04 bits per heavy atom. The molecule has 25 heavy (non-hydrogen) atoms. The first-order chi connectivity index (χ1) is 12.1. The van der Waals surface area contributed by atoms with E-state index in [1.807, 2.05) is 36.4 Å². The molecule has 0 radical (unpaired) electrons. The van der Waals surface area contributed by atoms with Crippen LogP contribution in [0.2, 0.25) is 0 Å². The number of thiophene rings is 1. The predicted molar refractivity (Wildman–Crippen MR) is 106 cm³/mol. The van der Waals surface area contributed by atoms with Crippen LogP contribution < -0.4 is 5.32 Å². The van der Waals surface area contributed by atoms with Gasteiger partial charge in [0.05, 0.1) is 17.6 Å². The third kappa shape index (κ3) is 4.38. The standard InChI is InChI=1S/C19H20BrN3OS/c1-3-4-15-11-17(25-13(15)2)19(24)22-18-9-10-21-23(18)12-14-5-7-16(20)8-6-14/h5-11H,3-4,12H2,1-2H3,(H,22,24). The highest BCUT2D eigenvalue weighted by atomic mass is 79.9. The molecule has 4 nitrogen and oxygen atoms in total. The van der Waals surface area contributed by atoms with Crippen LogP contribution in [0.25, 0.3) is 0 Å². The Kier molecular flexibility index (Phi) is 5.71. The summed E-state index contributed by atoms with van der Waals surface area (Å²) in [6.45, 7) is 4.84. The number of nitrogens with zero attached hydrogens (tertiary/aromatic N) is 2. The van der Waals surface area contributed by atoms with Crippen LogP contribution >= 0.6 is 27.3 Å². The molecule has 3 aromatic rings. The van der Waals surface area contributed by atoms with Gasteiger partial charge in [0.1, 0.15) is 5.82 Å². The van der Waals surface area contributed by atoms with Crippen molar-refractivity contribution in [3.05, 3.63) is 67.9 Å². The van der Waals surface area contributed by atoms with E-state index < -0.39 is 0 Å². The molecule has 0 spiro atoms. The fourth-order valence-electron chi connectivity index (χ4n) is 2.65. The Bertz CT molecular complexity index is 867. The number of carbonyl (C=O) groups is 1. The van der Waals surface area contributed by atoms with Gasteiger partial charge in [-0.05, 0) is 42.7 Å². The molecule has 0 bridgehead atoms. The number of nitrogens with one attached hydrogen (secondary N) is 1. The predicted octanol–water partition coefficient (Wildman–Crippen LogP) is 5.27. The van der Waals surface area contributed by atoms with Gasteiger partial charge in [-0.15, -0.1) is 11.3 Å². The number of benzene rings is 1. The summed E-state index contributed by atoms with van der Waals surface area (Å²) >= 11 is 4.99. The normalized spacial score (nSPS) is 10.8. The van der Waals surface area contributed by atoms with Crippen molar-refractivity contribution in [1.82, 2.24) is 9.78 Å². The fourth-order valence-corrected chi connectivity index (χ4v) is 3.89. The van der Waals surface area contributed by atoms with Crippen molar-refractivity contribution in [1.29, 1.82) is 0 Å². The lowest BCUT2D eigenvalue weighted by Crippen LogP contribution is -2.15. The summed E-state index contributed by atoms with van der Waals surface area (Å²) < 4.78 is 2.84. The van der Waals surface area contributed by atoms with Crippen LogP contribution in [0.5, 0.6) is 0 Å². The van der Waals surface area contributed by atoms with E-state index in [0.29, 0.717) is 12.4 Å². The Balaban J connectivity index is 1.73. The number of anilines is 1. The van der Waals surface area contributed by atoms with E-state index in [0.717, 1.165) is 27.8 Å². The highest BCUT2D eigenvalue weighted by molar-refractivity contribution is 9.10. The molecule has 1 amide bonds.